The molecule has 0 unspecified atom stereocenters. The maximum absolute atomic E-state index is 6.28. The van der Waals surface area contributed by atoms with Gasteiger partial charge >= 0.3 is 0 Å². The van der Waals surface area contributed by atoms with Gasteiger partial charge in [-0.1, -0.05) is 29.8 Å². The lowest BCUT2D eigenvalue weighted by molar-refractivity contribution is 0.180. The summed E-state index contributed by atoms with van der Waals surface area (Å²) in [7, 11) is 3.22. The number of anilines is 1. The second kappa shape index (κ2) is 12.2. The molecule has 1 fully saturated rings. The number of ether oxygens (including phenoxy) is 2. The second-order valence-electron chi connectivity index (χ2n) is 7.23. The molecule has 1 heterocycles. The zero-order chi connectivity index (χ0) is 20.6. The third-order valence-electron chi connectivity index (χ3n) is 5.23. The normalized spacial score (nSPS) is 15.4. The van der Waals surface area contributed by atoms with Gasteiger partial charge in [-0.2, -0.15) is 0 Å². The summed E-state index contributed by atoms with van der Waals surface area (Å²) in [5.74, 6) is 2.28. The summed E-state index contributed by atoms with van der Waals surface area (Å²) < 4.78 is 10.6. The lowest BCUT2D eigenvalue weighted by Crippen LogP contribution is -2.34. The van der Waals surface area contributed by atoms with E-state index in [4.69, 9.17) is 26.8 Å². The van der Waals surface area contributed by atoms with Gasteiger partial charge in [0.25, 0.3) is 0 Å². The van der Waals surface area contributed by atoms with Crippen molar-refractivity contribution in [2.75, 3.05) is 39.2 Å². The zero-order valence-electron chi connectivity index (χ0n) is 17.4. The molecule has 8 heteroatoms. The molecule has 164 valence electrons. The van der Waals surface area contributed by atoms with Gasteiger partial charge in [-0.3, -0.25) is 9.89 Å². The van der Waals surface area contributed by atoms with Gasteiger partial charge in [0.2, 0.25) is 0 Å². The lowest BCUT2D eigenvalue weighted by Gasteiger charge is -2.31. The van der Waals surface area contributed by atoms with Crippen LogP contribution in [0.15, 0.2) is 47.5 Å². The molecule has 0 bridgehead atoms. The van der Waals surface area contributed by atoms with Crippen LogP contribution in [0.1, 0.15) is 18.4 Å². The number of aliphatic imine (C=N–C) groups is 1. The molecular weight excluding hydrogens is 515 g/mol. The van der Waals surface area contributed by atoms with E-state index in [1.807, 2.05) is 36.4 Å². The standard InChI is InChI=1S/C22H29ClN4O2.HI/c1-28-20-8-7-18(13-21(20)29-2)26-22(24)25-14-16-9-11-27(12-10-16)15-17-5-3-4-6-19(17)23;/h3-8,13,16H,9-12,14-15H2,1-2H3,(H3,24,25,26);1H. The molecule has 2 aromatic rings. The molecule has 6 nitrogen and oxygen atoms in total. The number of hydrogen-bond donors (Lipinski definition) is 2. The number of nitrogens with two attached hydrogens (primary N) is 1. The molecule has 0 saturated carbocycles. The van der Waals surface area contributed by atoms with Crippen LogP contribution in [0.3, 0.4) is 0 Å². The Bertz CT molecular complexity index is 842. The Morgan fingerprint density at radius 2 is 1.83 bits per heavy atom. The third kappa shape index (κ3) is 6.92. The van der Waals surface area contributed by atoms with E-state index in [9.17, 15) is 0 Å². The van der Waals surface area contributed by atoms with Crippen LogP contribution in [-0.4, -0.2) is 44.7 Å². The topological polar surface area (TPSA) is 72.1 Å². The highest BCUT2D eigenvalue weighted by molar-refractivity contribution is 14.0. The monoisotopic (exact) mass is 544 g/mol. The largest absolute Gasteiger partial charge is 0.493 e. The van der Waals surface area contributed by atoms with Crippen LogP contribution in [0.25, 0.3) is 0 Å². The van der Waals surface area contributed by atoms with Crippen molar-refractivity contribution < 1.29 is 9.47 Å². The quantitative estimate of drug-likeness (QED) is 0.303. The van der Waals surface area contributed by atoms with E-state index < -0.39 is 0 Å². The van der Waals surface area contributed by atoms with Crippen LogP contribution in [0.5, 0.6) is 11.5 Å². The van der Waals surface area contributed by atoms with E-state index in [0.29, 0.717) is 23.4 Å². The minimum Gasteiger partial charge on any atom is -0.493 e. The molecule has 0 spiro atoms. The Kier molecular flexibility index (Phi) is 10.0. The van der Waals surface area contributed by atoms with Gasteiger partial charge in [-0.15, -0.1) is 24.0 Å². The van der Waals surface area contributed by atoms with E-state index in [2.05, 4.69) is 21.3 Å². The summed E-state index contributed by atoms with van der Waals surface area (Å²) in [4.78, 5) is 6.99. The molecule has 1 aliphatic heterocycles. The van der Waals surface area contributed by atoms with Crippen molar-refractivity contribution in [3.05, 3.63) is 53.1 Å². The van der Waals surface area contributed by atoms with Gasteiger partial charge in [0.05, 0.1) is 14.2 Å². The fourth-order valence-electron chi connectivity index (χ4n) is 3.52. The van der Waals surface area contributed by atoms with Gasteiger partial charge in [0.1, 0.15) is 0 Å². The van der Waals surface area contributed by atoms with Crippen molar-refractivity contribution in [2.45, 2.75) is 19.4 Å². The van der Waals surface area contributed by atoms with Crippen LogP contribution in [0.4, 0.5) is 5.69 Å². The number of guanidine groups is 1. The van der Waals surface area contributed by atoms with Crippen LogP contribution in [-0.2, 0) is 6.54 Å². The van der Waals surface area contributed by atoms with E-state index >= 15 is 0 Å². The number of likely N-dealkylation sites (tertiary alicyclic amines) is 1. The van der Waals surface area contributed by atoms with E-state index in [-0.39, 0.29) is 24.0 Å². The second-order valence-corrected chi connectivity index (χ2v) is 7.64. The molecule has 2 aromatic carbocycles. The molecule has 1 saturated heterocycles. The first-order chi connectivity index (χ1) is 14.1. The number of piperidine rings is 1. The number of nitrogens with one attached hydrogen (secondary N) is 1. The zero-order valence-corrected chi connectivity index (χ0v) is 20.5. The molecule has 3 N–H and O–H groups in total. The Morgan fingerprint density at radius 3 is 2.50 bits per heavy atom. The first-order valence-electron chi connectivity index (χ1n) is 9.83. The number of methoxy groups -OCH3 is 2. The Hall–Kier alpha value is -1.71. The van der Waals surface area contributed by atoms with Gasteiger partial charge < -0.3 is 20.5 Å². The molecule has 1 aliphatic rings. The number of halogens is 2. The van der Waals surface area contributed by atoms with Crippen molar-refractivity contribution in [3.63, 3.8) is 0 Å². The van der Waals surface area contributed by atoms with Crippen molar-refractivity contribution in [3.8, 4) is 11.5 Å². The highest BCUT2D eigenvalue weighted by Crippen LogP contribution is 2.29. The fourth-order valence-corrected chi connectivity index (χ4v) is 3.72. The molecule has 0 amide bonds. The average molecular weight is 545 g/mol. The van der Waals surface area contributed by atoms with E-state index in [0.717, 1.165) is 49.7 Å². The van der Waals surface area contributed by atoms with E-state index in [1.54, 1.807) is 14.2 Å². The van der Waals surface area contributed by atoms with Gasteiger partial charge in [-0.25, -0.2) is 0 Å². The summed E-state index contributed by atoms with van der Waals surface area (Å²) in [5.41, 5.74) is 8.08. The Morgan fingerprint density at radius 1 is 1.13 bits per heavy atom. The molecule has 0 aromatic heterocycles. The maximum atomic E-state index is 6.28. The molecule has 0 atom stereocenters. The first kappa shape index (κ1) is 24.6. The number of rotatable bonds is 7. The minimum atomic E-state index is 0. The minimum absolute atomic E-state index is 0. The third-order valence-corrected chi connectivity index (χ3v) is 5.60. The van der Waals surface area contributed by atoms with Crippen LogP contribution in [0, 0.1) is 5.92 Å². The predicted octanol–water partition coefficient (Wildman–Crippen LogP) is 4.61. The van der Waals surface area contributed by atoms with E-state index in [1.165, 1.54) is 5.56 Å². The van der Waals surface area contributed by atoms with Crippen molar-refractivity contribution >= 4 is 47.2 Å². The highest BCUT2D eigenvalue weighted by Gasteiger charge is 2.19. The molecule has 0 aliphatic carbocycles. The van der Waals surface area contributed by atoms with Gasteiger partial charge in [-0.05, 0) is 55.6 Å². The SMILES string of the molecule is COc1ccc(NC(N)=NCC2CCN(Cc3ccccc3Cl)CC2)cc1OC.I. The first-order valence-corrected chi connectivity index (χ1v) is 10.2. The average Bonchev–Trinajstić information content (AvgIpc) is 2.74. The molecular formula is C22H30ClIN4O2. The van der Waals surface area contributed by atoms with Crippen molar-refractivity contribution in [1.82, 2.24) is 4.90 Å². The Balaban J connectivity index is 0.00000320. The van der Waals surface area contributed by atoms with Crippen LogP contribution >= 0.6 is 35.6 Å². The molecule has 3 rings (SSSR count). The summed E-state index contributed by atoms with van der Waals surface area (Å²) >= 11 is 6.28. The number of benzene rings is 2. The Labute approximate surface area is 200 Å². The summed E-state index contributed by atoms with van der Waals surface area (Å²) in [6, 6.07) is 13.6. The highest BCUT2D eigenvalue weighted by atomic mass is 127. The smallest absolute Gasteiger partial charge is 0.193 e. The maximum Gasteiger partial charge on any atom is 0.193 e. The summed E-state index contributed by atoms with van der Waals surface area (Å²) in [6.07, 6.45) is 2.22. The summed E-state index contributed by atoms with van der Waals surface area (Å²) in [6.45, 7) is 3.73. The van der Waals surface area contributed by atoms with Crippen LogP contribution < -0.4 is 20.5 Å². The number of nitrogens with zero attached hydrogens (tertiary/aromatic N) is 2. The van der Waals surface area contributed by atoms with Crippen LogP contribution in [0.2, 0.25) is 5.02 Å². The molecule has 30 heavy (non-hydrogen) atoms. The van der Waals surface area contributed by atoms with Crippen molar-refractivity contribution in [2.24, 2.45) is 16.6 Å². The predicted molar refractivity (Wildman–Crippen MR) is 135 cm³/mol. The van der Waals surface area contributed by atoms with Gasteiger partial charge in [0.15, 0.2) is 17.5 Å². The number of hydrogen-bond acceptors (Lipinski definition) is 4. The lowest BCUT2D eigenvalue weighted by atomic mass is 9.96. The van der Waals surface area contributed by atoms with Gasteiger partial charge in [0, 0.05) is 29.9 Å². The summed E-state index contributed by atoms with van der Waals surface area (Å²) in [5, 5.41) is 3.96. The molecule has 0 radical (unpaired) electrons. The fraction of sp³-hybridized carbons (Fsp3) is 0.409. The van der Waals surface area contributed by atoms with Crippen molar-refractivity contribution in [1.29, 1.82) is 0 Å².